The van der Waals surface area contributed by atoms with Crippen molar-refractivity contribution < 1.29 is 14.0 Å². The van der Waals surface area contributed by atoms with Crippen LogP contribution in [0.15, 0.2) is 53.4 Å². The maximum absolute atomic E-state index is 13.4. The summed E-state index contributed by atoms with van der Waals surface area (Å²) in [6.45, 7) is 3.63. The molecule has 2 aromatic rings. The summed E-state index contributed by atoms with van der Waals surface area (Å²) in [5.74, 6) is 0.0160. The molecule has 0 spiro atoms. The normalized spacial score (nSPS) is 21.3. The molecule has 0 radical (unpaired) electrons. The molecule has 2 aromatic carbocycles. The lowest BCUT2D eigenvalue weighted by molar-refractivity contribution is -0.133. The summed E-state index contributed by atoms with van der Waals surface area (Å²) < 4.78 is 13.4. The first kappa shape index (κ1) is 23.8. The minimum absolute atomic E-state index is 0.0779. The van der Waals surface area contributed by atoms with E-state index in [0.717, 1.165) is 31.5 Å². The van der Waals surface area contributed by atoms with Crippen LogP contribution in [0.4, 0.5) is 4.39 Å². The zero-order chi connectivity index (χ0) is 23.3. The van der Waals surface area contributed by atoms with Gasteiger partial charge in [-0.2, -0.15) is 0 Å². The molecule has 4 rings (SSSR count). The van der Waals surface area contributed by atoms with Gasteiger partial charge in [-0.1, -0.05) is 24.3 Å². The number of nitrogens with one attached hydrogen (secondary N) is 1. The summed E-state index contributed by atoms with van der Waals surface area (Å²) in [7, 11) is 0. The van der Waals surface area contributed by atoms with Crippen molar-refractivity contribution >= 4 is 23.6 Å². The van der Waals surface area contributed by atoms with Crippen LogP contribution in [-0.2, 0) is 22.6 Å². The Morgan fingerprint density at radius 3 is 2.48 bits per heavy atom. The fourth-order valence-corrected chi connectivity index (χ4v) is 5.28. The molecule has 0 bridgehead atoms. The van der Waals surface area contributed by atoms with Crippen LogP contribution in [0.5, 0.6) is 0 Å². The number of thioether (sulfide) groups is 1. The minimum atomic E-state index is -0.340. The van der Waals surface area contributed by atoms with Crippen LogP contribution in [0, 0.1) is 5.82 Å². The molecule has 0 aliphatic carbocycles. The van der Waals surface area contributed by atoms with E-state index in [1.807, 2.05) is 11.0 Å². The average Bonchev–Trinajstić information content (AvgIpc) is 3.19. The Hall–Kier alpha value is -2.38. The molecule has 2 saturated heterocycles. The number of piperazine rings is 1. The second-order valence-electron chi connectivity index (χ2n) is 9.14. The first-order chi connectivity index (χ1) is 15.9. The van der Waals surface area contributed by atoms with Gasteiger partial charge in [0, 0.05) is 56.0 Å². The van der Waals surface area contributed by atoms with E-state index in [2.05, 4.69) is 40.7 Å². The molecule has 2 aliphatic rings. The van der Waals surface area contributed by atoms with Crippen LogP contribution in [0.2, 0.25) is 0 Å². The zero-order valence-electron chi connectivity index (χ0n) is 19.2. The van der Waals surface area contributed by atoms with Gasteiger partial charge in [-0.25, -0.2) is 4.39 Å². The largest absolute Gasteiger partial charge is 0.350 e. The molecule has 2 fully saturated rings. The number of benzene rings is 2. The summed E-state index contributed by atoms with van der Waals surface area (Å²) in [4.78, 5) is 30.4. The van der Waals surface area contributed by atoms with Gasteiger partial charge in [0.1, 0.15) is 5.82 Å². The maximum Gasteiger partial charge on any atom is 0.222 e. The van der Waals surface area contributed by atoms with Gasteiger partial charge in [-0.3, -0.25) is 14.5 Å². The number of carbonyl (C=O) groups excluding carboxylic acids is 2. The van der Waals surface area contributed by atoms with Crippen LogP contribution in [-0.4, -0.2) is 59.6 Å². The fraction of sp³-hybridized carbons (Fsp3) is 0.462. The number of halogens is 1. The molecule has 0 saturated carbocycles. The summed E-state index contributed by atoms with van der Waals surface area (Å²) in [6, 6.07) is 15.2. The van der Waals surface area contributed by atoms with Crippen LogP contribution in [0.25, 0.3) is 0 Å². The topological polar surface area (TPSA) is 52.7 Å². The van der Waals surface area contributed by atoms with Gasteiger partial charge in [0.15, 0.2) is 0 Å². The van der Waals surface area contributed by atoms with Crippen molar-refractivity contribution in [3.8, 4) is 0 Å². The van der Waals surface area contributed by atoms with Gasteiger partial charge in [-0.05, 0) is 60.9 Å². The van der Waals surface area contributed by atoms with Crippen molar-refractivity contribution in [1.29, 1.82) is 0 Å². The van der Waals surface area contributed by atoms with E-state index in [-0.39, 0.29) is 23.2 Å². The lowest BCUT2D eigenvalue weighted by Crippen LogP contribution is -2.49. The van der Waals surface area contributed by atoms with Gasteiger partial charge in [0.25, 0.3) is 0 Å². The molecule has 0 unspecified atom stereocenters. The van der Waals surface area contributed by atoms with E-state index < -0.39 is 0 Å². The Bertz CT molecular complexity index is 976. The molecule has 1 atom stereocenters. The quantitative estimate of drug-likeness (QED) is 0.597. The first-order valence-electron chi connectivity index (χ1n) is 11.6. The number of carbonyl (C=O) groups is 2. The lowest BCUT2D eigenvalue weighted by Gasteiger charge is -2.36. The van der Waals surface area contributed by atoms with Crippen LogP contribution >= 0.6 is 11.8 Å². The molecule has 33 heavy (non-hydrogen) atoms. The Morgan fingerprint density at radius 1 is 1.09 bits per heavy atom. The SMILES string of the molecule is CSc1ccc(C[C@]2(CCC(=O)N3CCN(Cc4cccc(F)c4)CC3)CCC(=O)N2)cc1. The van der Waals surface area contributed by atoms with Gasteiger partial charge in [0.2, 0.25) is 11.8 Å². The van der Waals surface area contributed by atoms with Crippen molar-refractivity contribution in [3.63, 3.8) is 0 Å². The van der Waals surface area contributed by atoms with Gasteiger partial charge < -0.3 is 10.2 Å². The van der Waals surface area contributed by atoms with Crippen molar-refractivity contribution in [2.45, 2.75) is 49.1 Å². The molecule has 2 amide bonds. The molecule has 7 heteroatoms. The Balaban J connectivity index is 1.29. The summed E-state index contributed by atoms with van der Waals surface area (Å²) >= 11 is 1.71. The van der Waals surface area contributed by atoms with E-state index in [4.69, 9.17) is 0 Å². The van der Waals surface area contributed by atoms with E-state index in [1.54, 1.807) is 23.9 Å². The highest BCUT2D eigenvalue weighted by molar-refractivity contribution is 7.98. The van der Waals surface area contributed by atoms with Gasteiger partial charge >= 0.3 is 0 Å². The van der Waals surface area contributed by atoms with Crippen molar-refractivity contribution in [3.05, 3.63) is 65.5 Å². The standard InChI is InChI=1S/C26H32FN3O2S/c1-33-23-7-5-20(6-8-23)18-26(11-9-24(31)28-26)12-10-25(32)30-15-13-29(14-16-30)19-21-3-2-4-22(27)17-21/h2-8,17H,9-16,18-19H2,1H3,(H,28,31)/t26-/m1/s1. The van der Waals surface area contributed by atoms with Crippen LogP contribution in [0.3, 0.4) is 0 Å². The maximum atomic E-state index is 13.4. The average molecular weight is 470 g/mol. The summed E-state index contributed by atoms with van der Waals surface area (Å²) in [5.41, 5.74) is 1.81. The molecule has 5 nitrogen and oxygen atoms in total. The Labute approximate surface area is 199 Å². The number of hydrogen-bond acceptors (Lipinski definition) is 4. The fourth-order valence-electron chi connectivity index (χ4n) is 4.87. The molecular formula is C26H32FN3O2S. The highest BCUT2D eigenvalue weighted by Gasteiger charge is 2.38. The molecule has 2 aliphatic heterocycles. The third-order valence-corrected chi connectivity index (χ3v) is 7.52. The molecule has 176 valence electrons. The number of amides is 2. The van der Waals surface area contributed by atoms with E-state index >= 15 is 0 Å². The van der Waals surface area contributed by atoms with E-state index in [0.29, 0.717) is 38.9 Å². The second kappa shape index (κ2) is 10.7. The van der Waals surface area contributed by atoms with Gasteiger partial charge in [0.05, 0.1) is 0 Å². The predicted molar refractivity (Wildman–Crippen MR) is 130 cm³/mol. The third-order valence-electron chi connectivity index (χ3n) is 6.77. The van der Waals surface area contributed by atoms with Crippen molar-refractivity contribution in [2.75, 3.05) is 32.4 Å². The highest BCUT2D eigenvalue weighted by atomic mass is 32.2. The second-order valence-corrected chi connectivity index (χ2v) is 10.0. The van der Waals surface area contributed by atoms with Gasteiger partial charge in [-0.15, -0.1) is 11.8 Å². The third kappa shape index (κ3) is 6.36. The number of rotatable bonds is 8. The Morgan fingerprint density at radius 2 is 1.85 bits per heavy atom. The summed E-state index contributed by atoms with van der Waals surface area (Å²) in [5, 5.41) is 3.19. The first-order valence-corrected chi connectivity index (χ1v) is 12.9. The molecule has 0 aromatic heterocycles. The lowest BCUT2D eigenvalue weighted by atomic mass is 9.85. The number of hydrogen-bond donors (Lipinski definition) is 1. The van der Waals surface area contributed by atoms with E-state index in [9.17, 15) is 14.0 Å². The minimum Gasteiger partial charge on any atom is -0.350 e. The highest BCUT2D eigenvalue weighted by Crippen LogP contribution is 2.30. The monoisotopic (exact) mass is 469 g/mol. The molecule has 1 N–H and O–H groups in total. The van der Waals surface area contributed by atoms with E-state index in [1.165, 1.54) is 16.5 Å². The van der Waals surface area contributed by atoms with Crippen molar-refractivity contribution in [2.24, 2.45) is 0 Å². The Kier molecular flexibility index (Phi) is 7.71. The number of nitrogens with zero attached hydrogens (tertiary/aromatic N) is 2. The van der Waals surface area contributed by atoms with Crippen LogP contribution in [0.1, 0.15) is 36.8 Å². The molecule has 2 heterocycles. The smallest absolute Gasteiger partial charge is 0.222 e. The molecular weight excluding hydrogens is 437 g/mol. The summed E-state index contributed by atoms with van der Waals surface area (Å²) in [6.07, 6.45) is 5.20. The predicted octanol–water partition coefficient (Wildman–Crippen LogP) is 3.86. The van der Waals surface area contributed by atoms with Crippen molar-refractivity contribution in [1.82, 2.24) is 15.1 Å². The van der Waals surface area contributed by atoms with Crippen LogP contribution < -0.4 is 5.32 Å². The zero-order valence-corrected chi connectivity index (χ0v) is 20.0.